The molecule has 0 bridgehead atoms. The SMILES string of the molecule is C[C@H]1CCCC[C@H]1NC(=O)NCC(=O)NCCc1ccc(F)cc1. The lowest BCUT2D eigenvalue weighted by atomic mass is 9.86. The van der Waals surface area contributed by atoms with Crippen LogP contribution < -0.4 is 16.0 Å². The molecule has 0 radical (unpaired) electrons. The zero-order valence-corrected chi connectivity index (χ0v) is 14.1. The molecule has 1 saturated carbocycles. The van der Waals surface area contributed by atoms with E-state index in [0.29, 0.717) is 18.9 Å². The van der Waals surface area contributed by atoms with Gasteiger partial charge in [0.05, 0.1) is 6.54 Å². The molecule has 0 heterocycles. The van der Waals surface area contributed by atoms with Gasteiger partial charge in [-0.15, -0.1) is 0 Å². The molecular weight excluding hydrogens is 309 g/mol. The van der Waals surface area contributed by atoms with E-state index in [1.807, 2.05) is 0 Å². The first kappa shape index (κ1) is 18.2. The molecule has 1 fully saturated rings. The van der Waals surface area contributed by atoms with E-state index in [0.717, 1.165) is 24.8 Å². The molecule has 0 spiro atoms. The highest BCUT2D eigenvalue weighted by atomic mass is 19.1. The van der Waals surface area contributed by atoms with Crippen molar-refractivity contribution in [2.24, 2.45) is 5.92 Å². The van der Waals surface area contributed by atoms with E-state index in [1.54, 1.807) is 12.1 Å². The standard InChI is InChI=1S/C18H26FN3O2/c1-13-4-2-3-5-16(13)22-18(24)21-12-17(23)20-11-10-14-6-8-15(19)9-7-14/h6-9,13,16H,2-5,10-12H2,1H3,(H,20,23)(H2,21,22,24)/t13-,16+/m0/s1. The molecule has 1 aliphatic rings. The lowest BCUT2D eigenvalue weighted by Gasteiger charge is -2.29. The third kappa shape index (κ3) is 6.18. The molecule has 0 unspecified atom stereocenters. The number of rotatable bonds is 6. The molecule has 5 nitrogen and oxygen atoms in total. The van der Waals surface area contributed by atoms with Crippen LogP contribution in [0.3, 0.4) is 0 Å². The Kier molecular flexibility index (Phi) is 7.03. The van der Waals surface area contributed by atoms with Crippen molar-refractivity contribution in [3.8, 4) is 0 Å². The molecule has 2 rings (SSSR count). The average molecular weight is 335 g/mol. The van der Waals surface area contributed by atoms with E-state index in [1.165, 1.54) is 18.6 Å². The molecular formula is C18H26FN3O2. The van der Waals surface area contributed by atoms with Gasteiger partial charge in [-0.3, -0.25) is 4.79 Å². The van der Waals surface area contributed by atoms with Gasteiger partial charge in [0.25, 0.3) is 0 Å². The summed E-state index contributed by atoms with van der Waals surface area (Å²) in [5.74, 6) is -0.0247. The molecule has 1 aromatic carbocycles. The molecule has 0 saturated heterocycles. The first-order valence-corrected chi connectivity index (χ1v) is 8.60. The lowest BCUT2D eigenvalue weighted by Crippen LogP contribution is -2.48. The van der Waals surface area contributed by atoms with Gasteiger partial charge in [-0.1, -0.05) is 31.9 Å². The van der Waals surface area contributed by atoms with E-state index in [2.05, 4.69) is 22.9 Å². The maximum absolute atomic E-state index is 12.8. The zero-order valence-electron chi connectivity index (χ0n) is 14.1. The molecule has 3 N–H and O–H groups in total. The summed E-state index contributed by atoms with van der Waals surface area (Å²) in [6.07, 6.45) is 5.11. The number of halogens is 1. The van der Waals surface area contributed by atoms with Crippen LogP contribution in [0.4, 0.5) is 9.18 Å². The number of nitrogens with one attached hydrogen (secondary N) is 3. The Morgan fingerprint density at radius 2 is 1.83 bits per heavy atom. The zero-order chi connectivity index (χ0) is 17.4. The predicted octanol–water partition coefficient (Wildman–Crippen LogP) is 2.36. The highest BCUT2D eigenvalue weighted by molar-refractivity contribution is 5.83. The van der Waals surface area contributed by atoms with Crippen LogP contribution in [0.15, 0.2) is 24.3 Å². The van der Waals surface area contributed by atoms with Crippen LogP contribution in [0.1, 0.15) is 38.2 Å². The van der Waals surface area contributed by atoms with Gasteiger partial charge in [0.2, 0.25) is 5.91 Å². The minimum atomic E-state index is -0.289. The van der Waals surface area contributed by atoms with Gasteiger partial charge < -0.3 is 16.0 Å². The summed E-state index contributed by atoms with van der Waals surface area (Å²) >= 11 is 0. The number of hydrogen-bond acceptors (Lipinski definition) is 2. The normalized spacial score (nSPS) is 20.2. The summed E-state index contributed by atoms with van der Waals surface area (Å²) < 4.78 is 12.8. The fourth-order valence-corrected chi connectivity index (χ4v) is 2.97. The van der Waals surface area contributed by atoms with Crippen LogP contribution in [0, 0.1) is 11.7 Å². The quantitative estimate of drug-likeness (QED) is 0.747. The van der Waals surface area contributed by atoms with Gasteiger partial charge in [0.1, 0.15) is 5.82 Å². The number of hydrogen-bond donors (Lipinski definition) is 3. The molecule has 0 aromatic heterocycles. The Morgan fingerprint density at radius 3 is 2.54 bits per heavy atom. The number of carbonyl (C=O) groups excluding carboxylic acids is 2. The predicted molar refractivity (Wildman–Crippen MR) is 91.1 cm³/mol. The van der Waals surface area contributed by atoms with Crippen molar-refractivity contribution in [2.75, 3.05) is 13.1 Å². The molecule has 24 heavy (non-hydrogen) atoms. The van der Waals surface area contributed by atoms with Crippen LogP contribution in [-0.2, 0) is 11.2 Å². The first-order chi connectivity index (χ1) is 11.5. The topological polar surface area (TPSA) is 70.2 Å². The van der Waals surface area contributed by atoms with Gasteiger partial charge in [0, 0.05) is 12.6 Å². The highest BCUT2D eigenvalue weighted by Gasteiger charge is 2.22. The van der Waals surface area contributed by atoms with Crippen LogP contribution >= 0.6 is 0 Å². The number of urea groups is 1. The lowest BCUT2D eigenvalue weighted by molar-refractivity contribution is -0.120. The molecule has 0 aliphatic heterocycles. The molecule has 3 amide bonds. The van der Waals surface area contributed by atoms with E-state index in [4.69, 9.17) is 0 Å². The van der Waals surface area contributed by atoms with Gasteiger partial charge in [-0.25, -0.2) is 9.18 Å². The van der Waals surface area contributed by atoms with Crippen molar-refractivity contribution in [1.82, 2.24) is 16.0 Å². The average Bonchev–Trinajstić information content (AvgIpc) is 2.57. The fourth-order valence-electron chi connectivity index (χ4n) is 2.97. The number of amides is 3. The van der Waals surface area contributed by atoms with Gasteiger partial charge in [-0.05, 0) is 42.9 Å². The third-order valence-corrected chi connectivity index (χ3v) is 4.49. The van der Waals surface area contributed by atoms with Crippen LogP contribution in [0.5, 0.6) is 0 Å². The number of benzene rings is 1. The van der Waals surface area contributed by atoms with Crippen molar-refractivity contribution < 1.29 is 14.0 Å². The summed E-state index contributed by atoms with van der Waals surface area (Å²) in [7, 11) is 0. The van der Waals surface area contributed by atoms with Crippen molar-refractivity contribution in [2.45, 2.75) is 45.1 Å². The Bertz CT molecular complexity index is 548. The molecule has 1 aromatic rings. The van der Waals surface area contributed by atoms with Gasteiger partial charge >= 0.3 is 6.03 Å². The fraction of sp³-hybridized carbons (Fsp3) is 0.556. The van der Waals surface area contributed by atoms with Crippen molar-refractivity contribution in [1.29, 1.82) is 0 Å². The minimum absolute atomic E-state index is 0.0453. The third-order valence-electron chi connectivity index (χ3n) is 4.49. The van der Waals surface area contributed by atoms with Crippen molar-refractivity contribution in [3.63, 3.8) is 0 Å². The summed E-state index contributed by atoms with van der Waals surface area (Å²) in [6.45, 7) is 2.55. The molecule has 6 heteroatoms. The summed E-state index contributed by atoms with van der Waals surface area (Å²) in [4.78, 5) is 23.6. The van der Waals surface area contributed by atoms with E-state index in [9.17, 15) is 14.0 Å². The molecule has 132 valence electrons. The smallest absolute Gasteiger partial charge is 0.315 e. The van der Waals surface area contributed by atoms with Crippen LogP contribution in [0.2, 0.25) is 0 Å². The Morgan fingerprint density at radius 1 is 1.12 bits per heavy atom. The second-order valence-corrected chi connectivity index (χ2v) is 6.42. The minimum Gasteiger partial charge on any atom is -0.354 e. The summed E-state index contributed by atoms with van der Waals surface area (Å²) in [5, 5.41) is 8.28. The molecule has 2 atom stereocenters. The van der Waals surface area contributed by atoms with Crippen LogP contribution in [0.25, 0.3) is 0 Å². The maximum atomic E-state index is 12.8. The Hall–Kier alpha value is -2.11. The monoisotopic (exact) mass is 335 g/mol. The van der Waals surface area contributed by atoms with Crippen LogP contribution in [-0.4, -0.2) is 31.1 Å². The van der Waals surface area contributed by atoms with Crippen molar-refractivity contribution in [3.05, 3.63) is 35.6 Å². The number of carbonyl (C=O) groups is 2. The van der Waals surface area contributed by atoms with E-state index >= 15 is 0 Å². The summed E-state index contributed by atoms with van der Waals surface area (Å²) in [5.41, 5.74) is 0.952. The second-order valence-electron chi connectivity index (χ2n) is 6.42. The van der Waals surface area contributed by atoms with Gasteiger partial charge in [0.15, 0.2) is 0 Å². The maximum Gasteiger partial charge on any atom is 0.315 e. The van der Waals surface area contributed by atoms with Gasteiger partial charge in [-0.2, -0.15) is 0 Å². The Labute approximate surface area is 142 Å². The highest BCUT2D eigenvalue weighted by Crippen LogP contribution is 2.23. The Balaban J connectivity index is 1.60. The van der Waals surface area contributed by atoms with E-state index in [-0.39, 0.29) is 30.3 Å². The summed E-state index contributed by atoms with van der Waals surface area (Å²) in [6, 6.07) is 6.09. The largest absolute Gasteiger partial charge is 0.354 e. The van der Waals surface area contributed by atoms with E-state index < -0.39 is 0 Å². The second kappa shape index (κ2) is 9.25. The first-order valence-electron chi connectivity index (χ1n) is 8.60. The van der Waals surface area contributed by atoms with Crippen molar-refractivity contribution >= 4 is 11.9 Å². The molecule has 1 aliphatic carbocycles.